The third kappa shape index (κ3) is 2.95. The van der Waals surface area contributed by atoms with Gasteiger partial charge in [-0.25, -0.2) is 0 Å². The van der Waals surface area contributed by atoms with E-state index in [0.29, 0.717) is 11.8 Å². The largest absolute Gasteiger partial charge is 0.508 e. The molecule has 3 N–H and O–H groups in total. The molecule has 0 unspecified atom stereocenters. The number of phenolic OH excluding ortho intramolecular Hbond substituents is 1. The Kier molecular flexibility index (Phi) is 3.83. The van der Waals surface area contributed by atoms with Gasteiger partial charge >= 0.3 is 0 Å². The van der Waals surface area contributed by atoms with Crippen molar-refractivity contribution in [3.63, 3.8) is 0 Å². The molecule has 2 aromatic carbocycles. The number of phenols is 1. The highest BCUT2D eigenvalue weighted by Gasteiger charge is 2.28. The quantitative estimate of drug-likeness (QED) is 0.907. The van der Waals surface area contributed by atoms with E-state index in [2.05, 4.69) is 26.0 Å². The first-order valence-electron chi connectivity index (χ1n) is 7.77. The Hall–Kier alpha value is -2.00. The molecule has 1 aliphatic rings. The lowest BCUT2D eigenvalue weighted by atomic mass is 9.78. The number of aromatic hydroxyl groups is 1. The molecule has 0 saturated heterocycles. The molecule has 0 radical (unpaired) electrons. The number of benzene rings is 2. The number of nitrogens with two attached hydrogens (primary N) is 1. The molecule has 0 amide bonds. The van der Waals surface area contributed by atoms with E-state index in [1.54, 1.807) is 12.1 Å². The summed E-state index contributed by atoms with van der Waals surface area (Å²) in [5.41, 5.74) is 8.05. The van der Waals surface area contributed by atoms with Gasteiger partial charge < -0.3 is 15.6 Å². The van der Waals surface area contributed by atoms with E-state index in [4.69, 9.17) is 10.5 Å². The van der Waals surface area contributed by atoms with E-state index in [0.717, 1.165) is 18.6 Å². The second kappa shape index (κ2) is 5.65. The molecule has 0 aliphatic heterocycles. The van der Waals surface area contributed by atoms with Gasteiger partial charge in [0, 0.05) is 11.5 Å². The molecule has 116 valence electrons. The molecule has 1 fully saturated rings. The minimum atomic E-state index is -0.120. The van der Waals surface area contributed by atoms with Crippen molar-refractivity contribution in [1.29, 1.82) is 0 Å². The van der Waals surface area contributed by atoms with E-state index in [9.17, 15) is 5.11 Å². The summed E-state index contributed by atoms with van der Waals surface area (Å²) in [6.07, 6.45) is 2.16. The van der Waals surface area contributed by atoms with Crippen molar-refractivity contribution < 1.29 is 9.84 Å². The lowest BCUT2D eigenvalue weighted by Gasteiger charge is -2.33. The Morgan fingerprint density at radius 2 is 1.45 bits per heavy atom. The fourth-order valence-electron chi connectivity index (χ4n) is 2.89. The van der Waals surface area contributed by atoms with Gasteiger partial charge in [-0.3, -0.25) is 0 Å². The maximum Gasteiger partial charge on any atom is 0.119 e. The van der Waals surface area contributed by atoms with E-state index >= 15 is 0 Å². The monoisotopic (exact) mass is 297 g/mol. The van der Waals surface area contributed by atoms with Crippen LogP contribution in [-0.2, 0) is 5.41 Å². The number of hydrogen-bond donors (Lipinski definition) is 2. The van der Waals surface area contributed by atoms with Crippen LogP contribution in [0.1, 0.15) is 37.8 Å². The van der Waals surface area contributed by atoms with Gasteiger partial charge in [0.2, 0.25) is 0 Å². The van der Waals surface area contributed by atoms with Gasteiger partial charge in [0.1, 0.15) is 17.6 Å². The Morgan fingerprint density at radius 3 is 1.95 bits per heavy atom. The van der Waals surface area contributed by atoms with Gasteiger partial charge in [-0.05, 0) is 48.2 Å². The van der Waals surface area contributed by atoms with Crippen LogP contribution in [0.15, 0.2) is 48.5 Å². The Labute approximate surface area is 131 Å². The zero-order valence-electron chi connectivity index (χ0n) is 13.1. The predicted molar refractivity (Wildman–Crippen MR) is 88.3 cm³/mol. The maximum absolute atomic E-state index is 9.44. The zero-order chi connectivity index (χ0) is 15.7. The summed E-state index contributed by atoms with van der Waals surface area (Å²) in [6, 6.07) is 16.0. The standard InChI is InChI=1S/C19H23NO2/c1-19(2,13-3-7-16(21)8-4-13)14-5-9-17(10-6-14)22-18-11-15(20)12-18/h3-10,15,18,21H,11-12,20H2,1-2H3. The Bertz CT molecular complexity index is 625. The minimum Gasteiger partial charge on any atom is -0.508 e. The van der Waals surface area contributed by atoms with Crippen LogP contribution in [-0.4, -0.2) is 17.3 Å². The average Bonchev–Trinajstić information content (AvgIpc) is 2.47. The van der Waals surface area contributed by atoms with E-state index in [1.165, 1.54) is 11.1 Å². The summed E-state index contributed by atoms with van der Waals surface area (Å²) in [7, 11) is 0. The maximum atomic E-state index is 9.44. The molecule has 0 spiro atoms. The Balaban J connectivity index is 1.74. The van der Waals surface area contributed by atoms with Crippen molar-refractivity contribution in [2.75, 3.05) is 0 Å². The topological polar surface area (TPSA) is 55.5 Å². The molecule has 1 saturated carbocycles. The smallest absolute Gasteiger partial charge is 0.119 e. The highest BCUT2D eigenvalue weighted by molar-refractivity contribution is 5.41. The molecular formula is C19H23NO2. The van der Waals surface area contributed by atoms with Crippen LogP contribution in [0.3, 0.4) is 0 Å². The summed E-state index contributed by atoms with van der Waals surface area (Å²) in [6.45, 7) is 4.36. The van der Waals surface area contributed by atoms with Crippen molar-refractivity contribution in [2.24, 2.45) is 5.73 Å². The van der Waals surface area contributed by atoms with Crippen LogP contribution in [0, 0.1) is 0 Å². The highest BCUT2D eigenvalue weighted by atomic mass is 16.5. The van der Waals surface area contributed by atoms with Crippen LogP contribution in [0.2, 0.25) is 0 Å². The van der Waals surface area contributed by atoms with Crippen LogP contribution in [0.5, 0.6) is 11.5 Å². The second-order valence-corrected chi connectivity index (χ2v) is 6.67. The van der Waals surface area contributed by atoms with Crippen LogP contribution in [0.4, 0.5) is 0 Å². The molecule has 3 rings (SSSR count). The lowest BCUT2D eigenvalue weighted by Crippen LogP contribution is -2.43. The van der Waals surface area contributed by atoms with Crippen molar-refractivity contribution >= 4 is 0 Å². The van der Waals surface area contributed by atoms with Gasteiger partial charge in [-0.15, -0.1) is 0 Å². The molecule has 0 atom stereocenters. The molecule has 2 aromatic rings. The van der Waals surface area contributed by atoms with E-state index in [1.807, 2.05) is 24.3 Å². The van der Waals surface area contributed by atoms with Crippen LogP contribution < -0.4 is 10.5 Å². The third-order valence-electron chi connectivity index (χ3n) is 4.60. The summed E-state index contributed by atoms with van der Waals surface area (Å²) in [5.74, 6) is 1.20. The van der Waals surface area contributed by atoms with Crippen molar-refractivity contribution in [3.8, 4) is 11.5 Å². The first-order chi connectivity index (χ1) is 10.4. The molecule has 1 aliphatic carbocycles. The molecule has 3 nitrogen and oxygen atoms in total. The zero-order valence-corrected chi connectivity index (χ0v) is 13.1. The highest BCUT2D eigenvalue weighted by Crippen LogP contribution is 2.33. The lowest BCUT2D eigenvalue weighted by molar-refractivity contribution is 0.101. The van der Waals surface area contributed by atoms with Crippen molar-refractivity contribution in [1.82, 2.24) is 0 Å². The first-order valence-corrected chi connectivity index (χ1v) is 7.77. The van der Waals surface area contributed by atoms with Crippen LogP contribution in [0.25, 0.3) is 0 Å². The van der Waals surface area contributed by atoms with Gasteiger partial charge in [0.15, 0.2) is 0 Å². The fourth-order valence-corrected chi connectivity index (χ4v) is 2.89. The van der Waals surface area contributed by atoms with Gasteiger partial charge in [-0.2, -0.15) is 0 Å². The number of rotatable bonds is 4. The van der Waals surface area contributed by atoms with Crippen molar-refractivity contribution in [2.45, 2.75) is 44.2 Å². The molecule has 3 heteroatoms. The predicted octanol–water partition coefficient (Wildman–Crippen LogP) is 3.59. The van der Waals surface area contributed by atoms with Crippen LogP contribution >= 0.6 is 0 Å². The molecular weight excluding hydrogens is 274 g/mol. The number of ether oxygens (including phenoxy) is 1. The van der Waals surface area contributed by atoms with Gasteiger partial charge in [-0.1, -0.05) is 38.1 Å². The normalized spacial score (nSPS) is 21.2. The Morgan fingerprint density at radius 1 is 0.955 bits per heavy atom. The number of hydrogen-bond acceptors (Lipinski definition) is 3. The fraction of sp³-hybridized carbons (Fsp3) is 0.368. The molecule has 0 aromatic heterocycles. The minimum absolute atomic E-state index is 0.120. The third-order valence-corrected chi connectivity index (χ3v) is 4.60. The molecule has 22 heavy (non-hydrogen) atoms. The second-order valence-electron chi connectivity index (χ2n) is 6.67. The SMILES string of the molecule is CC(C)(c1ccc(O)cc1)c1ccc(OC2CC(N)C2)cc1. The van der Waals surface area contributed by atoms with Gasteiger partial charge in [0.25, 0.3) is 0 Å². The summed E-state index contributed by atoms with van der Waals surface area (Å²) >= 11 is 0. The molecule has 0 bridgehead atoms. The summed E-state index contributed by atoms with van der Waals surface area (Å²) in [5, 5.41) is 9.44. The van der Waals surface area contributed by atoms with Gasteiger partial charge in [0.05, 0.1) is 0 Å². The van der Waals surface area contributed by atoms with E-state index in [-0.39, 0.29) is 11.5 Å². The first kappa shape index (κ1) is 14.9. The average molecular weight is 297 g/mol. The summed E-state index contributed by atoms with van der Waals surface area (Å²) < 4.78 is 5.90. The summed E-state index contributed by atoms with van der Waals surface area (Å²) in [4.78, 5) is 0. The molecule has 0 heterocycles. The van der Waals surface area contributed by atoms with Crippen molar-refractivity contribution in [3.05, 3.63) is 59.7 Å². The van der Waals surface area contributed by atoms with E-state index < -0.39 is 0 Å².